The van der Waals surface area contributed by atoms with E-state index in [-0.39, 0.29) is 40.1 Å². The van der Waals surface area contributed by atoms with Crippen LogP contribution in [0.15, 0.2) is 42.5 Å². The molecule has 1 radical (unpaired) electrons. The van der Waals surface area contributed by atoms with Gasteiger partial charge in [-0.3, -0.25) is 0 Å². The Labute approximate surface area is 146 Å². The molecule has 0 spiro atoms. The number of hydrogen-bond acceptors (Lipinski definition) is 1. The minimum Gasteiger partial charge on any atom is -0.444 e. The molecule has 103 valence electrons. The van der Waals surface area contributed by atoms with Crippen molar-refractivity contribution in [2.24, 2.45) is 5.92 Å². The van der Waals surface area contributed by atoms with Crippen LogP contribution in [0.1, 0.15) is 24.9 Å². The van der Waals surface area contributed by atoms with Crippen LogP contribution in [0.5, 0.6) is 0 Å². The summed E-state index contributed by atoms with van der Waals surface area (Å²) in [6.07, 6.45) is 13.0. The Morgan fingerprint density at radius 2 is 2.15 bits per heavy atom. The number of aryl methyl sites for hydroxylation is 1. The molecule has 1 heterocycles. The van der Waals surface area contributed by atoms with Crippen LogP contribution in [0.25, 0.3) is 11.0 Å². The predicted molar refractivity (Wildman–Crippen MR) is 80.8 cm³/mol. The Morgan fingerprint density at radius 1 is 1.35 bits per heavy atom. The van der Waals surface area contributed by atoms with Crippen LogP contribution in [0, 0.1) is 26.6 Å². The molecule has 2 nitrogen and oxygen atoms in total. The van der Waals surface area contributed by atoms with Crippen molar-refractivity contribution in [3.05, 3.63) is 61.8 Å². The zero-order chi connectivity index (χ0) is 12.5. The molecule has 3 heteroatoms. The average molecular weight is 341 g/mol. The monoisotopic (exact) mass is 341 g/mol. The smallest absolute Gasteiger partial charge is 0.0148 e. The van der Waals surface area contributed by atoms with Gasteiger partial charge in [0.1, 0.15) is 0 Å². The minimum absolute atomic E-state index is 0. The van der Waals surface area contributed by atoms with Crippen molar-refractivity contribution >= 4 is 11.0 Å². The predicted octanol–water partition coefficient (Wildman–Crippen LogP) is 4.29. The fraction of sp³-hybridized carbons (Fsp3) is 0.294. The molecule has 1 aromatic carbocycles. The molecule has 0 saturated carbocycles. The Hall–Kier alpha value is -0.726. The third-order valence-electron chi connectivity index (χ3n) is 3.78. The topological polar surface area (TPSA) is 17.8 Å². The van der Waals surface area contributed by atoms with Gasteiger partial charge < -0.3 is 17.0 Å². The molecule has 2 atom stereocenters. The van der Waals surface area contributed by atoms with Crippen molar-refractivity contribution in [2.75, 3.05) is 0 Å². The normalized spacial score (nSPS) is 18.4. The Bertz CT molecular complexity index is 625. The molecular formula is C17H20N2Y-2. The second-order valence-corrected chi connectivity index (χ2v) is 4.98. The van der Waals surface area contributed by atoms with Crippen LogP contribution in [0.4, 0.5) is 0 Å². The summed E-state index contributed by atoms with van der Waals surface area (Å²) in [5.41, 5.74) is 3.52. The van der Waals surface area contributed by atoms with Crippen molar-refractivity contribution in [2.45, 2.75) is 26.3 Å². The van der Waals surface area contributed by atoms with Crippen LogP contribution in [-0.4, -0.2) is 9.55 Å². The first-order valence-corrected chi connectivity index (χ1v) is 6.46. The molecule has 2 aromatic rings. The van der Waals surface area contributed by atoms with Crippen LogP contribution in [0.3, 0.4) is 0 Å². The van der Waals surface area contributed by atoms with Crippen molar-refractivity contribution < 1.29 is 32.7 Å². The quantitative estimate of drug-likeness (QED) is 0.746. The summed E-state index contributed by atoms with van der Waals surface area (Å²) in [5.74, 6) is 0.531. The second kappa shape index (κ2) is 7.33. The van der Waals surface area contributed by atoms with E-state index < -0.39 is 0 Å². The summed E-state index contributed by atoms with van der Waals surface area (Å²) in [4.78, 5) is 4.39. The van der Waals surface area contributed by atoms with Gasteiger partial charge in [0.2, 0.25) is 0 Å². The number of allylic oxidation sites excluding steroid dienone is 4. The van der Waals surface area contributed by atoms with Gasteiger partial charge in [0.25, 0.3) is 0 Å². The van der Waals surface area contributed by atoms with E-state index in [0.717, 1.165) is 11.9 Å². The fourth-order valence-electron chi connectivity index (χ4n) is 2.65. The molecule has 0 bridgehead atoms. The zero-order valence-corrected chi connectivity index (χ0v) is 15.2. The van der Waals surface area contributed by atoms with E-state index in [2.05, 4.69) is 72.2 Å². The van der Waals surface area contributed by atoms with Crippen LogP contribution >= 0.6 is 0 Å². The third kappa shape index (κ3) is 3.12. The standard InChI is InChI=1S/C16H17N2.CH3.Y/c1-12-7-6-10-15-16(12)18(11-17-15)13(2)14-8-4-3-5-9-14;;/h3-8,10,13-14H,9H2,1-2H3;1H3;/q2*-1;. The molecule has 0 aliphatic heterocycles. The van der Waals surface area contributed by atoms with Gasteiger partial charge in [-0.2, -0.15) is 0 Å². The van der Waals surface area contributed by atoms with Crippen molar-refractivity contribution in [1.82, 2.24) is 9.55 Å². The average Bonchev–Trinajstić information content (AvgIpc) is 2.84. The van der Waals surface area contributed by atoms with Gasteiger partial charge in [0.15, 0.2) is 0 Å². The molecule has 1 aliphatic rings. The van der Waals surface area contributed by atoms with E-state index in [1.54, 1.807) is 0 Å². The summed E-state index contributed by atoms with van der Waals surface area (Å²) >= 11 is 0. The molecule has 0 saturated heterocycles. The third-order valence-corrected chi connectivity index (χ3v) is 3.78. The van der Waals surface area contributed by atoms with Gasteiger partial charge in [-0.05, 0) is 19.3 Å². The number of imidazole rings is 1. The summed E-state index contributed by atoms with van der Waals surface area (Å²) < 4.78 is 2.19. The molecular weight excluding hydrogens is 321 g/mol. The first-order valence-electron chi connectivity index (χ1n) is 6.46. The maximum absolute atomic E-state index is 4.39. The van der Waals surface area contributed by atoms with E-state index in [1.807, 2.05) is 0 Å². The van der Waals surface area contributed by atoms with Gasteiger partial charge in [-0.15, -0.1) is 6.07 Å². The molecule has 3 rings (SSSR count). The van der Waals surface area contributed by atoms with Gasteiger partial charge in [0, 0.05) is 45.1 Å². The maximum atomic E-state index is 4.39. The van der Waals surface area contributed by atoms with Gasteiger partial charge in [-0.25, -0.2) is 0 Å². The Kier molecular flexibility index (Phi) is 6.35. The van der Waals surface area contributed by atoms with Crippen LogP contribution in [0.2, 0.25) is 0 Å². The zero-order valence-electron chi connectivity index (χ0n) is 12.4. The fourth-order valence-corrected chi connectivity index (χ4v) is 2.65. The van der Waals surface area contributed by atoms with Gasteiger partial charge in [-0.1, -0.05) is 60.0 Å². The van der Waals surface area contributed by atoms with E-state index in [0.29, 0.717) is 12.0 Å². The number of fused-ring (bicyclic) bond motifs is 1. The van der Waals surface area contributed by atoms with E-state index in [1.165, 1.54) is 11.1 Å². The Balaban J connectivity index is 0.000001000. The minimum atomic E-state index is 0. The van der Waals surface area contributed by atoms with Crippen LogP contribution < -0.4 is 0 Å². The molecule has 0 fully saturated rings. The molecule has 1 aliphatic carbocycles. The Morgan fingerprint density at radius 3 is 2.85 bits per heavy atom. The SMILES string of the molecule is Cc1cccc2n[c-]n(C(C)C3C=CC=CC3)c12.[CH3-].[Y]. The molecule has 20 heavy (non-hydrogen) atoms. The number of aromatic nitrogens is 2. The largest absolute Gasteiger partial charge is 0.444 e. The number of hydrogen-bond donors (Lipinski definition) is 0. The molecule has 0 amide bonds. The van der Waals surface area contributed by atoms with Crippen molar-refractivity contribution in [3.63, 3.8) is 0 Å². The molecule has 0 N–H and O–H groups in total. The molecule has 2 unspecified atom stereocenters. The first kappa shape index (κ1) is 17.3. The summed E-state index contributed by atoms with van der Waals surface area (Å²) in [6.45, 7) is 4.38. The second-order valence-electron chi connectivity index (χ2n) is 4.98. The van der Waals surface area contributed by atoms with Crippen molar-refractivity contribution in [1.29, 1.82) is 0 Å². The summed E-state index contributed by atoms with van der Waals surface area (Å²) in [6, 6.07) is 6.63. The first-order chi connectivity index (χ1) is 8.77. The summed E-state index contributed by atoms with van der Waals surface area (Å²) in [5, 5.41) is 0. The van der Waals surface area contributed by atoms with Gasteiger partial charge >= 0.3 is 0 Å². The van der Waals surface area contributed by atoms with Crippen molar-refractivity contribution in [3.8, 4) is 0 Å². The number of para-hydroxylation sites is 1. The number of nitrogens with zero attached hydrogens (tertiary/aromatic N) is 2. The van der Waals surface area contributed by atoms with Gasteiger partial charge in [0.05, 0.1) is 0 Å². The van der Waals surface area contributed by atoms with Crippen LogP contribution in [-0.2, 0) is 32.7 Å². The van der Waals surface area contributed by atoms with E-state index in [4.69, 9.17) is 0 Å². The number of rotatable bonds is 2. The number of benzene rings is 1. The van der Waals surface area contributed by atoms with E-state index >= 15 is 0 Å². The maximum Gasteiger partial charge on any atom is 0.0148 e. The molecule has 1 aromatic heterocycles. The van der Waals surface area contributed by atoms with E-state index in [9.17, 15) is 0 Å². The summed E-state index contributed by atoms with van der Waals surface area (Å²) in [7, 11) is 0.